The van der Waals surface area contributed by atoms with E-state index in [1.54, 1.807) is 25.1 Å². The molecule has 1 heterocycles. The fourth-order valence-corrected chi connectivity index (χ4v) is 5.24. The molecule has 0 radical (unpaired) electrons. The van der Waals surface area contributed by atoms with Crippen molar-refractivity contribution in [3.63, 3.8) is 0 Å². The summed E-state index contributed by atoms with van der Waals surface area (Å²) in [6.07, 6.45) is 1.83. The summed E-state index contributed by atoms with van der Waals surface area (Å²) in [4.78, 5) is 1.29. The number of hydrogen-bond acceptors (Lipinski definition) is 4. The molecule has 1 atom stereocenters. The summed E-state index contributed by atoms with van der Waals surface area (Å²) in [6, 6.07) is 12.4. The maximum absolute atomic E-state index is 12.8. The number of nitrogens with zero attached hydrogens (tertiary/aromatic N) is 1. The number of hydrogen-bond donors (Lipinski definition) is 1. The van der Waals surface area contributed by atoms with Gasteiger partial charge in [-0.1, -0.05) is 35.9 Å². The standard InChI is InChI=1S/C19H19ClN2O2S2/c1-12-11-21-25-19(12)16-7-4-6-15(10-16)14(3)22-26(23,24)18-9-5-8-17(20)13(18)2/h4-11,14,22H,1-3H3. The van der Waals surface area contributed by atoms with Crippen LogP contribution < -0.4 is 4.72 Å². The maximum atomic E-state index is 12.8. The monoisotopic (exact) mass is 406 g/mol. The lowest BCUT2D eigenvalue weighted by molar-refractivity contribution is 0.566. The van der Waals surface area contributed by atoms with Crippen molar-refractivity contribution in [3.05, 3.63) is 70.4 Å². The van der Waals surface area contributed by atoms with Crippen molar-refractivity contribution in [1.82, 2.24) is 9.10 Å². The van der Waals surface area contributed by atoms with Crippen LogP contribution >= 0.6 is 23.1 Å². The largest absolute Gasteiger partial charge is 0.241 e. The molecule has 0 saturated heterocycles. The lowest BCUT2D eigenvalue weighted by atomic mass is 10.0. The SMILES string of the molecule is Cc1cnsc1-c1cccc(C(C)NS(=O)(=O)c2cccc(Cl)c2C)c1. The first kappa shape index (κ1) is 19.0. The van der Waals surface area contributed by atoms with E-state index >= 15 is 0 Å². The highest BCUT2D eigenvalue weighted by Gasteiger charge is 2.21. The van der Waals surface area contributed by atoms with E-state index in [0.29, 0.717) is 10.6 Å². The van der Waals surface area contributed by atoms with E-state index in [1.807, 2.05) is 44.3 Å². The second-order valence-electron chi connectivity index (χ2n) is 6.17. The van der Waals surface area contributed by atoms with Gasteiger partial charge in [-0.05, 0) is 72.8 Å². The fourth-order valence-electron chi connectivity index (χ4n) is 2.76. The van der Waals surface area contributed by atoms with Gasteiger partial charge in [0.05, 0.1) is 9.77 Å². The van der Waals surface area contributed by atoms with E-state index in [0.717, 1.165) is 21.6 Å². The highest BCUT2D eigenvalue weighted by molar-refractivity contribution is 7.89. The van der Waals surface area contributed by atoms with E-state index in [4.69, 9.17) is 11.6 Å². The third-order valence-corrected chi connectivity index (χ3v) is 7.28. The predicted molar refractivity (Wildman–Crippen MR) is 107 cm³/mol. The number of nitrogens with one attached hydrogen (secondary N) is 1. The highest BCUT2D eigenvalue weighted by Crippen LogP contribution is 2.30. The molecule has 0 saturated carbocycles. The third-order valence-electron chi connectivity index (χ3n) is 4.24. The molecule has 0 amide bonds. The Kier molecular flexibility index (Phi) is 5.48. The Morgan fingerprint density at radius 2 is 1.88 bits per heavy atom. The van der Waals surface area contributed by atoms with Gasteiger partial charge in [-0.15, -0.1) is 0 Å². The van der Waals surface area contributed by atoms with Gasteiger partial charge in [0, 0.05) is 17.3 Å². The van der Waals surface area contributed by atoms with Crippen LogP contribution in [0.25, 0.3) is 10.4 Å². The van der Waals surface area contributed by atoms with Crippen LogP contribution in [-0.2, 0) is 10.0 Å². The third kappa shape index (κ3) is 3.83. The van der Waals surface area contributed by atoms with Gasteiger partial charge in [-0.2, -0.15) is 0 Å². The molecular formula is C19H19ClN2O2S2. The number of aryl methyl sites for hydroxylation is 1. The van der Waals surface area contributed by atoms with E-state index in [2.05, 4.69) is 9.10 Å². The summed E-state index contributed by atoms with van der Waals surface area (Å²) in [7, 11) is -3.68. The van der Waals surface area contributed by atoms with E-state index < -0.39 is 10.0 Å². The summed E-state index contributed by atoms with van der Waals surface area (Å²) in [5.74, 6) is 0. The summed E-state index contributed by atoms with van der Waals surface area (Å²) < 4.78 is 32.5. The zero-order valence-electron chi connectivity index (χ0n) is 14.7. The molecule has 26 heavy (non-hydrogen) atoms. The Morgan fingerprint density at radius 3 is 2.58 bits per heavy atom. The summed E-state index contributed by atoms with van der Waals surface area (Å²) in [5, 5.41) is 0.434. The molecule has 136 valence electrons. The lowest BCUT2D eigenvalue weighted by Crippen LogP contribution is -2.27. The van der Waals surface area contributed by atoms with Gasteiger partial charge < -0.3 is 0 Å². The molecule has 3 aromatic rings. The fraction of sp³-hybridized carbons (Fsp3) is 0.211. The van der Waals surface area contributed by atoms with Crippen LogP contribution in [0.5, 0.6) is 0 Å². The van der Waals surface area contributed by atoms with Gasteiger partial charge in [0.2, 0.25) is 10.0 Å². The molecule has 0 aliphatic carbocycles. The van der Waals surface area contributed by atoms with Crippen LogP contribution in [0.4, 0.5) is 0 Å². The first-order valence-corrected chi connectivity index (χ1v) is 10.7. The van der Waals surface area contributed by atoms with Gasteiger partial charge in [0.1, 0.15) is 0 Å². The van der Waals surface area contributed by atoms with Crippen molar-refractivity contribution in [2.75, 3.05) is 0 Å². The van der Waals surface area contributed by atoms with Gasteiger partial charge in [-0.25, -0.2) is 17.5 Å². The van der Waals surface area contributed by atoms with Crippen molar-refractivity contribution in [3.8, 4) is 10.4 Å². The van der Waals surface area contributed by atoms with Gasteiger partial charge in [0.25, 0.3) is 0 Å². The second kappa shape index (κ2) is 7.48. The first-order chi connectivity index (χ1) is 12.3. The Labute approximate surface area is 163 Å². The zero-order chi connectivity index (χ0) is 18.9. The van der Waals surface area contributed by atoms with Crippen molar-refractivity contribution in [2.24, 2.45) is 0 Å². The molecule has 7 heteroatoms. The van der Waals surface area contributed by atoms with E-state index in [9.17, 15) is 8.42 Å². The van der Waals surface area contributed by atoms with E-state index in [1.165, 1.54) is 11.5 Å². The molecule has 0 aliphatic rings. The zero-order valence-corrected chi connectivity index (χ0v) is 17.0. The average Bonchev–Trinajstić information content (AvgIpc) is 3.03. The minimum Gasteiger partial charge on any atom is -0.207 e. The number of aromatic nitrogens is 1. The Bertz CT molecular complexity index is 1050. The molecule has 0 aliphatic heterocycles. The summed E-state index contributed by atoms with van der Waals surface area (Å²) in [5.41, 5.74) is 3.57. The normalized spacial score (nSPS) is 12.9. The molecule has 0 spiro atoms. The molecule has 0 fully saturated rings. The average molecular weight is 407 g/mol. The number of sulfonamides is 1. The van der Waals surface area contributed by atoms with Crippen molar-refractivity contribution >= 4 is 33.2 Å². The quantitative estimate of drug-likeness (QED) is 0.639. The molecular weight excluding hydrogens is 388 g/mol. The minimum atomic E-state index is -3.68. The molecule has 2 aromatic carbocycles. The van der Waals surface area contributed by atoms with Gasteiger partial charge in [0.15, 0.2) is 0 Å². The van der Waals surface area contributed by atoms with Crippen LogP contribution in [-0.4, -0.2) is 12.8 Å². The first-order valence-electron chi connectivity index (χ1n) is 8.08. The highest BCUT2D eigenvalue weighted by atomic mass is 35.5. The van der Waals surface area contributed by atoms with Crippen LogP contribution in [0.2, 0.25) is 5.02 Å². The Morgan fingerprint density at radius 1 is 1.15 bits per heavy atom. The second-order valence-corrected chi connectivity index (χ2v) is 9.06. The molecule has 0 bridgehead atoms. The van der Waals surface area contributed by atoms with Gasteiger partial charge in [-0.3, -0.25) is 0 Å². The topological polar surface area (TPSA) is 59.1 Å². The molecule has 1 unspecified atom stereocenters. The smallest absolute Gasteiger partial charge is 0.207 e. The molecule has 3 rings (SSSR count). The van der Waals surface area contributed by atoms with Crippen molar-refractivity contribution in [1.29, 1.82) is 0 Å². The Hall–Kier alpha value is -1.73. The van der Waals surface area contributed by atoms with Crippen LogP contribution in [0.1, 0.15) is 29.7 Å². The summed E-state index contributed by atoms with van der Waals surface area (Å²) in [6.45, 7) is 5.55. The predicted octanol–water partition coefficient (Wildman–Crippen LogP) is 5.12. The number of benzene rings is 2. The van der Waals surface area contributed by atoms with Crippen LogP contribution in [0, 0.1) is 13.8 Å². The molecule has 1 N–H and O–H groups in total. The number of rotatable bonds is 5. The Balaban J connectivity index is 1.89. The van der Waals surface area contributed by atoms with Crippen LogP contribution in [0.15, 0.2) is 53.6 Å². The lowest BCUT2D eigenvalue weighted by Gasteiger charge is -2.17. The number of halogens is 1. The maximum Gasteiger partial charge on any atom is 0.241 e. The van der Waals surface area contributed by atoms with E-state index in [-0.39, 0.29) is 10.9 Å². The van der Waals surface area contributed by atoms with Crippen molar-refractivity contribution in [2.45, 2.75) is 31.7 Å². The molecule has 4 nitrogen and oxygen atoms in total. The van der Waals surface area contributed by atoms with Gasteiger partial charge >= 0.3 is 0 Å². The van der Waals surface area contributed by atoms with Crippen molar-refractivity contribution < 1.29 is 8.42 Å². The van der Waals surface area contributed by atoms with Crippen LogP contribution in [0.3, 0.4) is 0 Å². The summed E-state index contributed by atoms with van der Waals surface area (Å²) >= 11 is 7.50. The minimum absolute atomic E-state index is 0.200. The molecule has 1 aromatic heterocycles.